The Morgan fingerprint density at radius 2 is 1.93 bits per heavy atom. The molecule has 0 radical (unpaired) electrons. The Bertz CT molecular complexity index is 875. The number of carbonyl (C=O) groups excluding carboxylic acids is 1. The lowest BCUT2D eigenvalue weighted by Gasteiger charge is -2.42. The van der Waals surface area contributed by atoms with Crippen molar-refractivity contribution in [2.45, 2.75) is 50.1 Å². The third-order valence-corrected chi connectivity index (χ3v) is 6.11. The lowest BCUT2D eigenvalue weighted by molar-refractivity contribution is -0.127. The summed E-state index contributed by atoms with van der Waals surface area (Å²) >= 11 is 0. The van der Waals surface area contributed by atoms with Crippen LogP contribution in [0.1, 0.15) is 43.2 Å². The molecule has 0 bridgehead atoms. The van der Waals surface area contributed by atoms with Gasteiger partial charge in [-0.25, -0.2) is 0 Å². The van der Waals surface area contributed by atoms with Gasteiger partial charge in [-0.05, 0) is 48.4 Å². The van der Waals surface area contributed by atoms with Crippen LogP contribution in [0.3, 0.4) is 0 Å². The summed E-state index contributed by atoms with van der Waals surface area (Å²) in [4.78, 5) is 18.6. The van der Waals surface area contributed by atoms with E-state index in [4.69, 9.17) is 5.53 Å². The Hall–Kier alpha value is -2.78. The maximum absolute atomic E-state index is 13.3. The van der Waals surface area contributed by atoms with Crippen LogP contribution in [0.2, 0.25) is 0 Å². The molecule has 0 spiro atoms. The number of hydrogen-bond acceptors (Lipinski definition) is 3. The molecule has 0 N–H and O–H groups in total. The highest BCUT2D eigenvalue weighted by atomic mass is 16.1. The Balaban J connectivity index is 1.74. The number of carbonyl (C=O) groups is 1. The molecule has 0 saturated heterocycles. The predicted molar refractivity (Wildman–Crippen MR) is 107 cm³/mol. The molecule has 0 amide bonds. The number of hydrogen-bond donors (Lipinski definition) is 0. The van der Waals surface area contributed by atoms with Gasteiger partial charge in [-0.3, -0.25) is 4.79 Å². The largest absolute Gasteiger partial charge is 0.363 e. The lowest BCUT2D eigenvalue weighted by Crippen LogP contribution is -2.52. The Morgan fingerprint density at radius 3 is 2.74 bits per heavy atom. The first kappa shape index (κ1) is 17.6. The highest BCUT2D eigenvalue weighted by Gasteiger charge is 2.55. The number of nitrogens with zero attached hydrogens (tertiary/aromatic N) is 4. The van der Waals surface area contributed by atoms with E-state index in [9.17, 15) is 4.79 Å². The van der Waals surface area contributed by atoms with Gasteiger partial charge >= 0.3 is 0 Å². The molecule has 5 nitrogen and oxygen atoms in total. The lowest BCUT2D eigenvalue weighted by atomic mass is 9.64. The summed E-state index contributed by atoms with van der Waals surface area (Å²) in [5.74, 6) is 0.350. The summed E-state index contributed by atoms with van der Waals surface area (Å²) < 4.78 is 0. The van der Waals surface area contributed by atoms with Crippen molar-refractivity contribution in [3.8, 4) is 0 Å². The second-order valence-corrected chi connectivity index (χ2v) is 7.49. The molecule has 2 aliphatic rings. The van der Waals surface area contributed by atoms with Gasteiger partial charge in [0.2, 0.25) is 0 Å². The zero-order chi connectivity index (χ0) is 18.7. The summed E-state index contributed by atoms with van der Waals surface area (Å²) in [6.45, 7) is 1.26. The zero-order valence-corrected chi connectivity index (χ0v) is 15.4. The SMILES string of the molecule is [N-]=[N+]=NCCC[C@@]12C(=O)CCC[C@@H]1N(Cc1ccccc1)c1ccccc12. The number of Topliss-reactive ketones (excluding diaryl/α,β-unsaturated/α-hetero) is 1. The average molecular weight is 360 g/mol. The molecule has 0 aromatic heterocycles. The normalized spacial score (nSPS) is 23.5. The van der Waals surface area contributed by atoms with Gasteiger partial charge in [-0.15, -0.1) is 0 Å². The molecular weight excluding hydrogens is 336 g/mol. The van der Waals surface area contributed by atoms with Crippen LogP contribution in [0, 0.1) is 0 Å². The fourth-order valence-corrected chi connectivity index (χ4v) is 5.02. The number of azide groups is 1. The predicted octanol–water partition coefficient (Wildman–Crippen LogP) is 5.16. The number of ketones is 1. The standard InChI is InChI=1S/C22H24N4O/c23-25-24-15-7-14-22-18-10-4-5-11-19(18)26(16-17-8-2-1-3-9-17)20(22)12-6-13-21(22)27/h1-5,8-11,20H,6-7,12-16H2/t20-,22-/m0/s1. The van der Waals surface area contributed by atoms with Gasteiger partial charge in [-0.2, -0.15) is 0 Å². The smallest absolute Gasteiger partial charge is 0.145 e. The first-order valence-electron chi connectivity index (χ1n) is 9.71. The van der Waals surface area contributed by atoms with Crippen molar-refractivity contribution in [1.29, 1.82) is 0 Å². The van der Waals surface area contributed by atoms with Gasteiger partial charge in [0.25, 0.3) is 0 Å². The van der Waals surface area contributed by atoms with Crippen LogP contribution in [0.15, 0.2) is 59.7 Å². The minimum Gasteiger partial charge on any atom is -0.363 e. The van der Waals surface area contributed by atoms with Crippen LogP contribution in [0.25, 0.3) is 10.4 Å². The first-order chi connectivity index (χ1) is 13.3. The average Bonchev–Trinajstić information content (AvgIpc) is 2.98. The summed E-state index contributed by atoms with van der Waals surface area (Å²) in [5.41, 5.74) is 11.7. The third-order valence-electron chi connectivity index (χ3n) is 6.11. The first-order valence-corrected chi connectivity index (χ1v) is 9.71. The maximum Gasteiger partial charge on any atom is 0.145 e. The molecule has 1 fully saturated rings. The summed E-state index contributed by atoms with van der Waals surface area (Å²) in [7, 11) is 0. The molecule has 1 saturated carbocycles. The molecule has 1 aliphatic carbocycles. The van der Waals surface area contributed by atoms with E-state index in [2.05, 4.69) is 57.4 Å². The van der Waals surface area contributed by atoms with Gasteiger partial charge in [0.05, 0.1) is 5.41 Å². The zero-order valence-electron chi connectivity index (χ0n) is 15.4. The molecule has 5 heteroatoms. The number of benzene rings is 2. The molecule has 1 heterocycles. The Labute approximate surface area is 159 Å². The van der Waals surface area contributed by atoms with E-state index in [-0.39, 0.29) is 6.04 Å². The fourth-order valence-electron chi connectivity index (χ4n) is 5.02. The van der Waals surface area contributed by atoms with Crippen LogP contribution in [0.4, 0.5) is 5.69 Å². The molecular formula is C22H24N4O. The van der Waals surface area contributed by atoms with E-state index in [0.29, 0.717) is 18.7 Å². The van der Waals surface area contributed by atoms with Crippen molar-refractivity contribution in [2.75, 3.05) is 11.4 Å². The quantitative estimate of drug-likeness (QED) is 0.309. The van der Waals surface area contributed by atoms with Gasteiger partial charge in [-0.1, -0.05) is 53.6 Å². The van der Waals surface area contributed by atoms with E-state index in [1.165, 1.54) is 11.3 Å². The second-order valence-electron chi connectivity index (χ2n) is 7.49. The molecule has 2 aromatic carbocycles. The number of para-hydroxylation sites is 1. The summed E-state index contributed by atoms with van der Waals surface area (Å²) in [6, 6.07) is 19.0. The highest BCUT2D eigenvalue weighted by molar-refractivity contribution is 5.96. The molecule has 1 aliphatic heterocycles. The number of rotatable bonds is 6. The minimum absolute atomic E-state index is 0.183. The monoisotopic (exact) mass is 360 g/mol. The number of fused-ring (bicyclic) bond motifs is 3. The van der Waals surface area contributed by atoms with Crippen LogP contribution in [0.5, 0.6) is 0 Å². The van der Waals surface area contributed by atoms with Crippen LogP contribution in [-0.4, -0.2) is 18.4 Å². The van der Waals surface area contributed by atoms with Crippen LogP contribution in [-0.2, 0) is 16.8 Å². The summed E-state index contributed by atoms with van der Waals surface area (Å²) in [6.07, 6.45) is 4.10. The van der Waals surface area contributed by atoms with Crippen LogP contribution >= 0.6 is 0 Å². The van der Waals surface area contributed by atoms with Crippen molar-refractivity contribution in [2.24, 2.45) is 5.11 Å². The molecule has 4 rings (SSSR count). The van der Waals surface area contributed by atoms with E-state index in [0.717, 1.165) is 37.8 Å². The number of anilines is 1. The van der Waals surface area contributed by atoms with Crippen molar-refractivity contribution in [3.05, 3.63) is 76.2 Å². The summed E-state index contributed by atoms with van der Waals surface area (Å²) in [5, 5.41) is 3.69. The van der Waals surface area contributed by atoms with Gasteiger partial charge in [0, 0.05) is 36.2 Å². The van der Waals surface area contributed by atoms with Gasteiger partial charge < -0.3 is 4.90 Å². The fraction of sp³-hybridized carbons (Fsp3) is 0.409. The molecule has 138 valence electrons. The van der Waals surface area contributed by atoms with Crippen molar-refractivity contribution in [1.82, 2.24) is 0 Å². The third kappa shape index (κ3) is 2.98. The van der Waals surface area contributed by atoms with E-state index in [1.54, 1.807) is 0 Å². The highest BCUT2D eigenvalue weighted by Crippen LogP contribution is 2.53. The van der Waals surface area contributed by atoms with Gasteiger partial charge in [0.15, 0.2) is 0 Å². The Morgan fingerprint density at radius 1 is 1.15 bits per heavy atom. The minimum atomic E-state index is -0.464. The van der Waals surface area contributed by atoms with Gasteiger partial charge in [0.1, 0.15) is 5.78 Å². The Kier molecular flexibility index (Phi) is 4.87. The van der Waals surface area contributed by atoms with Crippen molar-refractivity contribution >= 4 is 11.5 Å². The maximum atomic E-state index is 13.3. The van der Waals surface area contributed by atoms with Crippen molar-refractivity contribution < 1.29 is 4.79 Å². The molecule has 0 unspecified atom stereocenters. The second kappa shape index (κ2) is 7.45. The van der Waals surface area contributed by atoms with E-state index in [1.807, 2.05) is 12.1 Å². The molecule has 2 atom stereocenters. The van der Waals surface area contributed by atoms with Crippen LogP contribution < -0.4 is 4.90 Å². The molecule has 27 heavy (non-hydrogen) atoms. The van der Waals surface area contributed by atoms with E-state index < -0.39 is 5.41 Å². The van der Waals surface area contributed by atoms with E-state index >= 15 is 0 Å². The van der Waals surface area contributed by atoms with Crippen molar-refractivity contribution in [3.63, 3.8) is 0 Å². The molecule has 2 aromatic rings. The topological polar surface area (TPSA) is 69.1 Å².